The molecular weight excluding hydrogens is 258 g/mol. The van der Waals surface area contributed by atoms with E-state index < -0.39 is 0 Å². The number of halogens is 1. The monoisotopic (exact) mass is 281 g/mol. The van der Waals surface area contributed by atoms with Gasteiger partial charge >= 0.3 is 0 Å². The number of piperidine rings is 1. The van der Waals surface area contributed by atoms with Crippen LogP contribution in [0.2, 0.25) is 5.02 Å². The molecule has 0 radical (unpaired) electrons. The van der Waals surface area contributed by atoms with Crippen LogP contribution in [0.25, 0.3) is 0 Å². The molecule has 106 valence electrons. The topological polar surface area (TPSA) is 42.1 Å². The molecule has 1 saturated heterocycles. The summed E-state index contributed by atoms with van der Waals surface area (Å²) < 4.78 is 0. The lowest BCUT2D eigenvalue weighted by molar-refractivity contribution is 0.0731. The summed E-state index contributed by atoms with van der Waals surface area (Å²) in [6.45, 7) is 6.81. The quantitative estimate of drug-likeness (QED) is 0.923. The number of likely N-dealkylation sites (tertiary alicyclic amines) is 1. The van der Waals surface area contributed by atoms with Gasteiger partial charge in [0.1, 0.15) is 0 Å². The van der Waals surface area contributed by atoms with Gasteiger partial charge in [-0.25, -0.2) is 0 Å². The fourth-order valence-corrected chi connectivity index (χ4v) is 2.96. The van der Waals surface area contributed by atoms with E-state index in [1.54, 1.807) is 12.4 Å². The van der Waals surface area contributed by atoms with E-state index in [0.717, 1.165) is 25.1 Å². The van der Waals surface area contributed by atoms with Crippen molar-refractivity contribution in [2.24, 2.45) is 5.73 Å². The molecule has 0 aromatic carbocycles. The molecule has 1 fully saturated rings. The Morgan fingerprint density at radius 3 is 2.68 bits per heavy atom. The van der Waals surface area contributed by atoms with Crippen molar-refractivity contribution in [1.29, 1.82) is 0 Å². The van der Waals surface area contributed by atoms with Crippen LogP contribution in [0.4, 0.5) is 0 Å². The van der Waals surface area contributed by atoms with Gasteiger partial charge in [0.15, 0.2) is 0 Å². The first-order valence-corrected chi connectivity index (χ1v) is 7.48. The molecule has 2 N–H and O–H groups in total. The molecule has 1 unspecified atom stereocenters. The first-order chi connectivity index (χ1) is 9.01. The van der Waals surface area contributed by atoms with E-state index in [1.165, 1.54) is 19.3 Å². The van der Waals surface area contributed by atoms with Gasteiger partial charge in [0.2, 0.25) is 0 Å². The van der Waals surface area contributed by atoms with Crippen LogP contribution in [0.5, 0.6) is 0 Å². The van der Waals surface area contributed by atoms with Crippen molar-refractivity contribution < 1.29 is 0 Å². The Morgan fingerprint density at radius 2 is 2.05 bits per heavy atom. The van der Waals surface area contributed by atoms with Crippen LogP contribution >= 0.6 is 11.6 Å². The smallest absolute Gasteiger partial charge is 0.0621 e. The molecule has 1 aromatic rings. The second kappa shape index (κ2) is 6.21. The molecule has 19 heavy (non-hydrogen) atoms. The maximum absolute atomic E-state index is 6.46. The summed E-state index contributed by atoms with van der Waals surface area (Å²) in [7, 11) is 0. The highest BCUT2D eigenvalue weighted by Gasteiger charge is 2.33. The highest BCUT2D eigenvalue weighted by molar-refractivity contribution is 6.31. The van der Waals surface area contributed by atoms with Gasteiger partial charge in [-0.2, -0.15) is 0 Å². The number of nitrogens with zero attached hydrogens (tertiary/aromatic N) is 2. The average Bonchev–Trinajstić information content (AvgIpc) is 2.42. The number of hydrogen-bond donors (Lipinski definition) is 1. The molecule has 1 aromatic heterocycles. The first-order valence-electron chi connectivity index (χ1n) is 7.11. The van der Waals surface area contributed by atoms with Crippen molar-refractivity contribution in [3.05, 3.63) is 29.0 Å². The van der Waals surface area contributed by atoms with Crippen LogP contribution in [0.15, 0.2) is 18.5 Å². The van der Waals surface area contributed by atoms with Crippen LogP contribution in [0.3, 0.4) is 0 Å². The summed E-state index contributed by atoms with van der Waals surface area (Å²) in [4.78, 5) is 6.55. The Morgan fingerprint density at radius 1 is 1.37 bits per heavy atom. The summed E-state index contributed by atoms with van der Waals surface area (Å²) in [5, 5.41) is 0.715. The lowest BCUT2D eigenvalue weighted by atomic mass is 9.87. The lowest BCUT2D eigenvalue weighted by Gasteiger charge is -2.44. The number of aromatic nitrogens is 1. The van der Waals surface area contributed by atoms with E-state index in [-0.39, 0.29) is 11.6 Å². The standard InChI is InChI=1S/C15H24ClN3/c1-15(2,19-8-4-3-5-9-19)14(17)10-12-6-7-18-11-13(12)16/h6-7,11,14H,3-5,8-10,17H2,1-2H3. The highest BCUT2D eigenvalue weighted by Crippen LogP contribution is 2.26. The third-order valence-corrected chi connectivity index (χ3v) is 4.72. The van der Waals surface area contributed by atoms with Crippen molar-refractivity contribution in [1.82, 2.24) is 9.88 Å². The van der Waals surface area contributed by atoms with E-state index in [9.17, 15) is 0 Å². The van der Waals surface area contributed by atoms with E-state index in [4.69, 9.17) is 17.3 Å². The van der Waals surface area contributed by atoms with Crippen molar-refractivity contribution >= 4 is 11.6 Å². The Kier molecular flexibility index (Phi) is 4.82. The predicted molar refractivity (Wildman–Crippen MR) is 80.4 cm³/mol. The summed E-state index contributed by atoms with van der Waals surface area (Å²) in [5.74, 6) is 0. The van der Waals surface area contributed by atoms with E-state index >= 15 is 0 Å². The predicted octanol–water partition coefficient (Wildman–Crippen LogP) is 2.87. The molecule has 1 atom stereocenters. The zero-order valence-corrected chi connectivity index (χ0v) is 12.7. The summed E-state index contributed by atoms with van der Waals surface area (Å²) >= 11 is 6.17. The molecule has 1 aliphatic heterocycles. The zero-order chi connectivity index (χ0) is 13.9. The normalized spacial score (nSPS) is 19.4. The Balaban J connectivity index is 2.05. The largest absolute Gasteiger partial charge is 0.326 e. The van der Waals surface area contributed by atoms with Gasteiger partial charge in [0.25, 0.3) is 0 Å². The fraction of sp³-hybridized carbons (Fsp3) is 0.667. The number of nitrogens with two attached hydrogens (primary N) is 1. The Bertz CT molecular complexity index is 414. The number of hydrogen-bond acceptors (Lipinski definition) is 3. The summed E-state index contributed by atoms with van der Waals surface area (Å²) in [6.07, 6.45) is 8.18. The van der Waals surface area contributed by atoms with Gasteiger partial charge < -0.3 is 5.73 Å². The molecular formula is C15H24ClN3. The van der Waals surface area contributed by atoms with Gasteiger partial charge in [0.05, 0.1) is 5.02 Å². The van der Waals surface area contributed by atoms with Crippen LogP contribution in [0, 0.1) is 0 Å². The third-order valence-electron chi connectivity index (χ3n) is 4.37. The fourth-order valence-electron chi connectivity index (χ4n) is 2.76. The maximum Gasteiger partial charge on any atom is 0.0621 e. The van der Waals surface area contributed by atoms with Gasteiger partial charge in [-0.15, -0.1) is 0 Å². The van der Waals surface area contributed by atoms with Gasteiger partial charge in [-0.3, -0.25) is 9.88 Å². The van der Waals surface area contributed by atoms with Crippen LogP contribution in [0.1, 0.15) is 38.7 Å². The van der Waals surface area contributed by atoms with Crippen LogP contribution in [-0.2, 0) is 6.42 Å². The van der Waals surface area contributed by atoms with Crippen molar-refractivity contribution in [2.45, 2.75) is 51.1 Å². The van der Waals surface area contributed by atoms with E-state index in [1.807, 2.05) is 6.07 Å². The molecule has 2 rings (SSSR count). The molecule has 0 saturated carbocycles. The van der Waals surface area contributed by atoms with E-state index in [0.29, 0.717) is 5.02 Å². The lowest BCUT2D eigenvalue weighted by Crippen LogP contribution is -2.58. The molecule has 0 bridgehead atoms. The summed E-state index contributed by atoms with van der Waals surface area (Å²) in [5.41, 5.74) is 7.56. The van der Waals surface area contributed by atoms with E-state index in [2.05, 4.69) is 23.7 Å². The highest BCUT2D eigenvalue weighted by atomic mass is 35.5. The molecule has 3 nitrogen and oxygen atoms in total. The van der Waals surface area contributed by atoms with Crippen molar-refractivity contribution in [2.75, 3.05) is 13.1 Å². The maximum atomic E-state index is 6.46. The Hall–Kier alpha value is -0.640. The molecule has 0 amide bonds. The first kappa shape index (κ1) is 14.8. The average molecular weight is 282 g/mol. The number of rotatable bonds is 4. The summed E-state index contributed by atoms with van der Waals surface area (Å²) in [6, 6.07) is 2.04. The number of pyridine rings is 1. The molecule has 0 spiro atoms. The van der Waals surface area contributed by atoms with Crippen molar-refractivity contribution in [3.63, 3.8) is 0 Å². The van der Waals surface area contributed by atoms with Gasteiger partial charge in [0, 0.05) is 24.0 Å². The van der Waals surface area contributed by atoms with Crippen LogP contribution < -0.4 is 5.73 Å². The molecule has 1 aliphatic rings. The SMILES string of the molecule is CC(C)(C(N)Cc1ccncc1Cl)N1CCCCC1. The van der Waals surface area contributed by atoms with Gasteiger partial charge in [-0.05, 0) is 57.8 Å². The molecule has 0 aliphatic carbocycles. The minimum Gasteiger partial charge on any atom is -0.326 e. The second-order valence-corrected chi connectivity index (χ2v) is 6.39. The van der Waals surface area contributed by atoms with Gasteiger partial charge in [-0.1, -0.05) is 18.0 Å². The molecule has 4 heteroatoms. The Labute approximate surface area is 121 Å². The van der Waals surface area contributed by atoms with Crippen LogP contribution in [-0.4, -0.2) is 34.6 Å². The zero-order valence-electron chi connectivity index (χ0n) is 11.9. The minimum atomic E-state index is 0.00696. The second-order valence-electron chi connectivity index (χ2n) is 5.98. The van der Waals surface area contributed by atoms with Crippen molar-refractivity contribution in [3.8, 4) is 0 Å². The minimum absolute atomic E-state index is 0.00696. The third kappa shape index (κ3) is 3.47. The molecule has 2 heterocycles.